The zero-order valence-corrected chi connectivity index (χ0v) is 81.8. The molecule has 14 aromatic rings. The Labute approximate surface area is 827 Å². The summed E-state index contributed by atoms with van der Waals surface area (Å²) >= 11 is 19.7. The average Bonchev–Trinajstić information content (AvgIpc) is 1.35. The second-order valence-corrected chi connectivity index (χ2v) is 40.8. The van der Waals surface area contributed by atoms with E-state index in [4.69, 9.17) is 22.3 Å². The number of amides is 7. The number of halogens is 12. The SMILES string of the molecule is NC[C@H](Cc1cc(F)ccc1F)NC(=O)c1cc2c(s1)CCCn1ncc(Br)c1-2.NC[C@H](Cc1cc(F)ccc1F)NC(=O)c1cc2c(s1)CCCn1ncc(Br)c1-2.N[C@@H](Cc1cc(F)ccc1F)CN1C(=O)c2ccccc2C1=O.O=C(N[C@@H](Cc1cc(F)ccc1F)CN1C(=O)c2ccccc2C1=O)c1cc2c(s1)CCCn1ncc(Br)c1-2.O=C(O)c1cc2c(s1)CCCn1ncc(Br)c1-2. The first-order valence-electron chi connectivity index (χ1n) is 43.2. The van der Waals surface area contributed by atoms with E-state index in [0.717, 1.165) is 243 Å². The lowest BCUT2D eigenvalue weighted by molar-refractivity contribution is 0.0621. The van der Waals surface area contributed by atoms with Crippen LogP contribution in [0.5, 0.6) is 0 Å². The van der Waals surface area contributed by atoms with Crippen LogP contribution in [0.2, 0.25) is 0 Å². The third-order valence-corrected chi connectivity index (χ3v) is 30.6. The molecule has 14 heterocycles. The number of nitrogens with two attached hydrogens (primary N) is 3. The number of aromatic nitrogens is 8. The van der Waals surface area contributed by atoms with Crippen molar-refractivity contribution in [3.63, 3.8) is 0 Å². The Bertz CT molecular complexity index is 6790. The van der Waals surface area contributed by atoms with Gasteiger partial charge in [-0.15, -0.1) is 45.3 Å². The molecule has 708 valence electrons. The minimum absolute atomic E-state index is 0.0248. The van der Waals surface area contributed by atoms with Crippen molar-refractivity contribution in [2.75, 3.05) is 26.2 Å². The van der Waals surface area contributed by atoms with Gasteiger partial charge in [0.1, 0.15) is 51.4 Å². The fraction of sp³-hybridized carbons (Fsp3) is 0.250. The summed E-state index contributed by atoms with van der Waals surface area (Å²) < 4.78 is 121. The molecule has 41 heteroatoms. The van der Waals surface area contributed by atoms with Gasteiger partial charge in [0.25, 0.3) is 41.4 Å². The maximum atomic E-state index is 14.6. The standard InChI is InChI=1S/C28H21BrF2N4O3S.2C20H19BrF2N4OS.C17H14F2N2O2.C11H9BrN2O2S/c29-21-13-32-35-9-3-6-23-20(25(21)35)12-24(39-23)26(36)33-17(11-15-10-16(30)7-8-22(15)31)14-34-27(37)18-4-1-2-5-19(18)28(34)38;2*21-15-10-25-27-5-1-2-17-14(19(15)27)8-18(29-17)20(28)26-13(9-24)7-11-6-12(22)3-4-16(11)23;18-11-5-6-15(19)10(7-11)8-12(20)9-21-16(22)13-3-1-2-4-14(13)17(21)23;12-7-5-13-14-3-1-2-8-6(10(7)14)4-9(17-8)11(15)16/h1-2,4-5,7-8,10,12-13,17H,3,6,9,11,14H2,(H,33,36);2*3-4,6,8,10,13H,1-2,5,7,9,24H2,(H,26,28);1-7,12H,8-9,20H2;4-5H,1-3H2,(H,15,16)/t17-;2*13-;12-;/m0000./s1. The third kappa shape index (κ3) is 22.1. The van der Waals surface area contributed by atoms with Crippen LogP contribution in [0, 0.1) is 46.5 Å². The predicted molar refractivity (Wildman–Crippen MR) is 517 cm³/mol. The molecule has 4 atom stereocenters. The maximum Gasteiger partial charge on any atom is 0.345 e. The molecule has 0 saturated carbocycles. The Morgan fingerprint density at radius 1 is 0.365 bits per heavy atom. The highest BCUT2D eigenvalue weighted by molar-refractivity contribution is 9.11. The number of aryl methyl sites for hydroxylation is 8. The lowest BCUT2D eigenvalue weighted by Gasteiger charge is -2.24. The van der Waals surface area contributed by atoms with Crippen LogP contribution in [0.3, 0.4) is 0 Å². The molecule has 0 radical (unpaired) electrons. The van der Waals surface area contributed by atoms with Gasteiger partial charge in [-0.2, -0.15) is 20.4 Å². The largest absolute Gasteiger partial charge is 0.477 e. The van der Waals surface area contributed by atoms with Crippen LogP contribution in [0.25, 0.3) is 45.0 Å². The second kappa shape index (κ2) is 43.2. The lowest BCUT2D eigenvalue weighted by Crippen LogP contribution is -2.47. The normalized spacial score (nSPS) is 14.5. The highest BCUT2D eigenvalue weighted by Crippen LogP contribution is 2.44. The predicted octanol–water partition coefficient (Wildman–Crippen LogP) is 18.2. The molecule has 6 aromatic carbocycles. The molecular weight excluding hydrogens is 2120 g/mol. The van der Waals surface area contributed by atoms with Gasteiger partial charge in [-0.25, -0.2) is 39.9 Å². The van der Waals surface area contributed by atoms with E-state index in [1.165, 1.54) is 45.3 Å². The van der Waals surface area contributed by atoms with Crippen molar-refractivity contribution in [3.8, 4) is 45.0 Å². The minimum Gasteiger partial charge on any atom is -0.477 e. The summed E-state index contributed by atoms with van der Waals surface area (Å²) in [6, 6.07) is 30.5. The number of carboxylic acids is 1. The Balaban J connectivity index is 0.000000127. The number of aromatic carboxylic acids is 1. The Morgan fingerprint density at radius 3 is 0.920 bits per heavy atom. The number of benzene rings is 6. The third-order valence-electron chi connectivity index (χ3n) is 23.5. The first-order chi connectivity index (χ1) is 65.8. The molecule has 20 rings (SSSR count). The van der Waals surface area contributed by atoms with Crippen molar-refractivity contribution in [3.05, 3.63) is 318 Å². The molecule has 0 bridgehead atoms. The number of imide groups is 2. The van der Waals surface area contributed by atoms with Crippen molar-refractivity contribution in [2.24, 2.45) is 17.2 Å². The molecule has 0 saturated heterocycles. The van der Waals surface area contributed by atoms with Gasteiger partial charge in [0.2, 0.25) is 0 Å². The second-order valence-electron chi connectivity index (χ2n) is 32.8. The number of rotatable bonds is 21. The van der Waals surface area contributed by atoms with E-state index in [-0.39, 0.29) is 97.1 Å². The number of hydrogen-bond acceptors (Lipinski definition) is 19. The first kappa shape index (κ1) is 98.4. The summed E-state index contributed by atoms with van der Waals surface area (Å²) in [5.74, 6) is -8.08. The fourth-order valence-electron chi connectivity index (χ4n) is 17.0. The number of nitrogens with one attached hydrogen (secondary N) is 3. The van der Waals surface area contributed by atoms with Crippen LogP contribution in [0.1, 0.15) is 148 Å². The Morgan fingerprint density at radius 2 is 0.628 bits per heavy atom. The van der Waals surface area contributed by atoms with Gasteiger partial charge in [0.05, 0.1) is 108 Å². The highest BCUT2D eigenvalue weighted by Gasteiger charge is 2.40. The number of nitrogens with zero attached hydrogens (tertiary/aromatic N) is 10. The van der Waals surface area contributed by atoms with E-state index in [9.17, 15) is 73.5 Å². The van der Waals surface area contributed by atoms with E-state index < -0.39 is 106 Å². The monoisotopic (exact) mass is 2200 g/mol. The molecule has 6 aliphatic rings. The Kier molecular flexibility index (Phi) is 31.0. The molecule has 25 nitrogen and oxygen atoms in total. The van der Waals surface area contributed by atoms with Gasteiger partial charge < -0.3 is 38.3 Å². The molecule has 8 aromatic heterocycles. The number of thiophene rings is 4. The molecule has 0 fully saturated rings. The number of carbonyl (C=O) groups is 8. The zero-order chi connectivity index (χ0) is 96.9. The van der Waals surface area contributed by atoms with Crippen molar-refractivity contribution in [2.45, 2.75) is 127 Å². The average molecular weight is 2200 g/mol. The van der Waals surface area contributed by atoms with Gasteiger partial charge in [-0.05, 0) is 284 Å². The molecule has 0 spiro atoms. The molecular formula is C96H82Br4F8N16O9S4. The highest BCUT2D eigenvalue weighted by atomic mass is 79.9. The molecule has 0 unspecified atom stereocenters. The summed E-state index contributed by atoms with van der Waals surface area (Å²) in [6.07, 6.45) is 14.4. The maximum absolute atomic E-state index is 14.6. The van der Waals surface area contributed by atoms with E-state index in [2.05, 4.69) is 100 Å². The van der Waals surface area contributed by atoms with E-state index in [1.54, 1.807) is 85.5 Å². The van der Waals surface area contributed by atoms with Crippen molar-refractivity contribution in [1.29, 1.82) is 0 Å². The van der Waals surface area contributed by atoms with E-state index in [1.807, 2.05) is 30.9 Å². The Hall–Kier alpha value is -11.6. The van der Waals surface area contributed by atoms with Crippen LogP contribution in [0.4, 0.5) is 35.1 Å². The van der Waals surface area contributed by atoms with Gasteiger partial charge in [-0.3, -0.25) is 62.1 Å². The summed E-state index contributed by atoms with van der Waals surface area (Å²) in [5.41, 5.74) is 27.0. The summed E-state index contributed by atoms with van der Waals surface area (Å²) in [6.45, 7) is 3.29. The van der Waals surface area contributed by atoms with Crippen molar-refractivity contribution < 1.29 is 78.6 Å². The number of carbonyl (C=O) groups excluding carboxylic acids is 7. The van der Waals surface area contributed by atoms with Crippen molar-refractivity contribution in [1.82, 2.24) is 64.9 Å². The topological polar surface area (TPSA) is 349 Å². The van der Waals surface area contributed by atoms with Crippen LogP contribution < -0.4 is 33.2 Å². The first-order valence-corrected chi connectivity index (χ1v) is 49.6. The summed E-state index contributed by atoms with van der Waals surface area (Å²) in [5, 5.41) is 35.1. The molecule has 0 aliphatic carbocycles. The quantitative estimate of drug-likeness (QED) is 0.0260. The summed E-state index contributed by atoms with van der Waals surface area (Å²) in [4.78, 5) is 109. The van der Waals surface area contributed by atoms with Crippen molar-refractivity contribution >= 4 is 156 Å². The molecule has 137 heavy (non-hydrogen) atoms. The number of carboxylic acid groups (broad SMARTS) is 1. The van der Waals surface area contributed by atoms with Gasteiger partial charge in [-0.1, -0.05) is 24.3 Å². The minimum atomic E-state index is -0.866. The molecule has 10 N–H and O–H groups in total. The van der Waals surface area contributed by atoms with E-state index >= 15 is 0 Å². The number of hydrogen-bond donors (Lipinski definition) is 7. The van der Waals surface area contributed by atoms with Gasteiger partial charge >= 0.3 is 5.97 Å². The summed E-state index contributed by atoms with van der Waals surface area (Å²) in [7, 11) is 0. The van der Waals surface area contributed by atoms with Crippen LogP contribution in [-0.2, 0) is 77.5 Å². The number of fused-ring (bicyclic) bond motifs is 14. The van der Waals surface area contributed by atoms with E-state index in [0.29, 0.717) is 30.6 Å². The van der Waals surface area contributed by atoms with Gasteiger partial charge in [0.15, 0.2) is 0 Å². The zero-order valence-electron chi connectivity index (χ0n) is 72.2. The van der Waals surface area contributed by atoms with Crippen LogP contribution in [0.15, 0.2) is 188 Å². The lowest BCUT2D eigenvalue weighted by atomic mass is 10.0. The fourth-order valence-corrected chi connectivity index (χ4v) is 23.4. The van der Waals surface area contributed by atoms with Gasteiger partial charge in [0, 0.05) is 112 Å². The van der Waals surface area contributed by atoms with Crippen LogP contribution in [-0.4, -0.2) is 152 Å². The molecule has 7 amide bonds. The smallest absolute Gasteiger partial charge is 0.345 e. The van der Waals surface area contributed by atoms with Crippen LogP contribution >= 0.6 is 109 Å². The molecule has 6 aliphatic heterocycles.